The molecular weight excluding hydrogens is 366 g/mol. The van der Waals surface area contributed by atoms with Gasteiger partial charge in [-0.05, 0) is 42.7 Å². The van der Waals surface area contributed by atoms with Gasteiger partial charge in [0.1, 0.15) is 11.9 Å². The number of hydrogen-bond donors (Lipinski definition) is 1. The van der Waals surface area contributed by atoms with Gasteiger partial charge in [0, 0.05) is 30.8 Å². The summed E-state index contributed by atoms with van der Waals surface area (Å²) in [5.74, 6) is 0.688. The number of benzene rings is 1. The van der Waals surface area contributed by atoms with E-state index in [0.717, 1.165) is 29.1 Å². The molecule has 0 aliphatic carbocycles. The third kappa shape index (κ3) is 3.99. The minimum absolute atomic E-state index is 0.0403. The fourth-order valence-electron chi connectivity index (χ4n) is 3.76. The van der Waals surface area contributed by atoms with E-state index >= 15 is 0 Å². The summed E-state index contributed by atoms with van der Waals surface area (Å²) in [5, 5.41) is 11.4. The van der Waals surface area contributed by atoms with Gasteiger partial charge in [0.25, 0.3) is 0 Å². The first-order valence-corrected chi connectivity index (χ1v) is 10.0. The summed E-state index contributed by atoms with van der Waals surface area (Å²) < 4.78 is 1.97. The fourth-order valence-corrected chi connectivity index (χ4v) is 3.76. The Hall–Kier alpha value is -3.22. The van der Waals surface area contributed by atoms with Gasteiger partial charge < -0.3 is 10.2 Å². The number of rotatable bonds is 5. The van der Waals surface area contributed by atoms with Gasteiger partial charge in [0.05, 0.1) is 0 Å². The second-order valence-electron chi connectivity index (χ2n) is 7.75. The van der Waals surface area contributed by atoms with Crippen molar-refractivity contribution in [1.82, 2.24) is 19.5 Å². The zero-order valence-electron chi connectivity index (χ0n) is 16.7. The molecule has 0 spiro atoms. The number of aromatic nitrogens is 3. The Morgan fingerprint density at radius 3 is 2.69 bits per heavy atom. The number of carbonyl (C=O) groups is 2. The van der Waals surface area contributed by atoms with Crippen LogP contribution in [0.2, 0.25) is 0 Å². The molecule has 7 heteroatoms. The van der Waals surface area contributed by atoms with Gasteiger partial charge >= 0.3 is 0 Å². The van der Waals surface area contributed by atoms with Crippen LogP contribution in [0.1, 0.15) is 38.1 Å². The normalized spacial score (nSPS) is 16.5. The smallest absolute Gasteiger partial charge is 0.247 e. The minimum Gasteiger partial charge on any atom is -0.330 e. The van der Waals surface area contributed by atoms with Crippen molar-refractivity contribution >= 4 is 23.1 Å². The van der Waals surface area contributed by atoms with Crippen LogP contribution in [-0.2, 0) is 16.0 Å². The molecule has 3 heterocycles. The second kappa shape index (κ2) is 8.03. The van der Waals surface area contributed by atoms with E-state index in [1.54, 1.807) is 4.90 Å². The van der Waals surface area contributed by atoms with Crippen molar-refractivity contribution in [2.45, 2.75) is 39.2 Å². The van der Waals surface area contributed by atoms with Crippen molar-refractivity contribution in [3.63, 3.8) is 0 Å². The summed E-state index contributed by atoms with van der Waals surface area (Å²) in [6.07, 6.45) is 4.17. The molecule has 1 saturated heterocycles. The third-order valence-electron chi connectivity index (χ3n) is 5.30. The first-order chi connectivity index (χ1) is 14.0. The highest BCUT2D eigenvalue weighted by molar-refractivity contribution is 5.97. The summed E-state index contributed by atoms with van der Waals surface area (Å²) in [5.41, 5.74) is 2.63. The monoisotopic (exact) mass is 391 g/mol. The number of likely N-dealkylation sites (tertiary alicyclic amines) is 1. The fraction of sp³-hybridized carbons (Fsp3) is 0.364. The molecule has 2 aromatic heterocycles. The van der Waals surface area contributed by atoms with E-state index in [0.29, 0.717) is 19.4 Å². The maximum absolute atomic E-state index is 12.7. The minimum atomic E-state index is -0.382. The Kier molecular flexibility index (Phi) is 5.29. The first-order valence-electron chi connectivity index (χ1n) is 10.0. The van der Waals surface area contributed by atoms with Crippen LogP contribution in [0.15, 0.2) is 48.7 Å². The Morgan fingerprint density at radius 1 is 1.14 bits per heavy atom. The molecule has 0 bridgehead atoms. The summed E-state index contributed by atoms with van der Waals surface area (Å²) in [6.45, 7) is 4.39. The van der Waals surface area contributed by atoms with Crippen LogP contribution in [0.4, 0.5) is 5.69 Å². The van der Waals surface area contributed by atoms with Crippen molar-refractivity contribution in [1.29, 1.82) is 0 Å². The Morgan fingerprint density at radius 2 is 1.93 bits per heavy atom. The predicted molar refractivity (Wildman–Crippen MR) is 110 cm³/mol. The van der Waals surface area contributed by atoms with Crippen LogP contribution in [-0.4, -0.2) is 43.9 Å². The molecule has 2 amide bonds. The summed E-state index contributed by atoms with van der Waals surface area (Å²) >= 11 is 0. The molecule has 1 fully saturated rings. The van der Waals surface area contributed by atoms with E-state index < -0.39 is 0 Å². The lowest BCUT2D eigenvalue weighted by atomic mass is 10.1. The molecule has 1 aromatic carbocycles. The van der Waals surface area contributed by atoms with Crippen LogP contribution in [0.25, 0.3) is 5.65 Å². The SMILES string of the molecule is CC(C)C(=O)N1CCCC1C(=O)Nc1ccc(Cc2nnc3ccccn23)cc1. The van der Waals surface area contributed by atoms with E-state index in [4.69, 9.17) is 0 Å². The molecule has 1 unspecified atom stereocenters. The lowest BCUT2D eigenvalue weighted by Gasteiger charge is -2.25. The third-order valence-corrected chi connectivity index (χ3v) is 5.30. The van der Waals surface area contributed by atoms with Crippen molar-refractivity contribution in [3.8, 4) is 0 Å². The topological polar surface area (TPSA) is 79.6 Å². The van der Waals surface area contributed by atoms with Crippen LogP contribution in [0.5, 0.6) is 0 Å². The molecule has 0 radical (unpaired) electrons. The summed E-state index contributed by atoms with van der Waals surface area (Å²) in [6, 6.07) is 13.2. The largest absolute Gasteiger partial charge is 0.330 e. The van der Waals surface area contributed by atoms with Crippen LogP contribution >= 0.6 is 0 Å². The molecule has 0 saturated carbocycles. The van der Waals surface area contributed by atoms with Crippen molar-refractivity contribution in [3.05, 3.63) is 60.0 Å². The zero-order valence-corrected chi connectivity index (χ0v) is 16.7. The van der Waals surface area contributed by atoms with E-state index in [-0.39, 0.29) is 23.8 Å². The Bertz CT molecular complexity index is 1030. The predicted octanol–water partition coefficient (Wildman–Crippen LogP) is 2.91. The quantitative estimate of drug-likeness (QED) is 0.725. The molecular formula is C22H25N5O2. The summed E-state index contributed by atoms with van der Waals surface area (Å²) in [4.78, 5) is 26.8. The van der Waals surface area contributed by atoms with E-state index in [1.165, 1.54) is 0 Å². The van der Waals surface area contributed by atoms with Crippen LogP contribution < -0.4 is 5.32 Å². The average molecular weight is 391 g/mol. The molecule has 1 atom stereocenters. The number of hydrogen-bond acceptors (Lipinski definition) is 4. The lowest BCUT2D eigenvalue weighted by molar-refractivity contribution is -0.139. The second-order valence-corrected chi connectivity index (χ2v) is 7.75. The van der Waals surface area contributed by atoms with Gasteiger partial charge in [-0.15, -0.1) is 10.2 Å². The molecule has 1 N–H and O–H groups in total. The number of pyridine rings is 1. The maximum atomic E-state index is 12.7. The Labute approximate surface area is 169 Å². The van der Waals surface area contributed by atoms with Crippen molar-refractivity contribution in [2.24, 2.45) is 5.92 Å². The number of amides is 2. The maximum Gasteiger partial charge on any atom is 0.247 e. The van der Waals surface area contributed by atoms with Gasteiger partial charge in [-0.2, -0.15) is 0 Å². The Balaban J connectivity index is 1.41. The zero-order chi connectivity index (χ0) is 20.4. The van der Waals surface area contributed by atoms with E-state index in [9.17, 15) is 9.59 Å². The average Bonchev–Trinajstić information content (AvgIpc) is 3.36. The number of fused-ring (bicyclic) bond motifs is 1. The number of nitrogens with one attached hydrogen (secondary N) is 1. The number of nitrogens with zero attached hydrogens (tertiary/aromatic N) is 4. The van der Waals surface area contributed by atoms with E-state index in [2.05, 4.69) is 15.5 Å². The van der Waals surface area contributed by atoms with Crippen molar-refractivity contribution < 1.29 is 9.59 Å². The first kappa shape index (κ1) is 19.1. The van der Waals surface area contributed by atoms with Gasteiger partial charge in [0.2, 0.25) is 11.8 Å². The van der Waals surface area contributed by atoms with Gasteiger partial charge in [-0.25, -0.2) is 0 Å². The molecule has 29 heavy (non-hydrogen) atoms. The number of carbonyl (C=O) groups excluding carboxylic acids is 2. The van der Waals surface area contributed by atoms with Crippen LogP contribution in [0, 0.1) is 5.92 Å². The molecule has 1 aliphatic rings. The van der Waals surface area contributed by atoms with E-state index in [1.807, 2.05) is 66.9 Å². The van der Waals surface area contributed by atoms with Crippen molar-refractivity contribution in [2.75, 3.05) is 11.9 Å². The highest BCUT2D eigenvalue weighted by Crippen LogP contribution is 2.22. The number of anilines is 1. The van der Waals surface area contributed by atoms with Gasteiger partial charge in [0.15, 0.2) is 5.65 Å². The molecule has 150 valence electrons. The standard InChI is InChI=1S/C22H25N5O2/c1-15(2)22(29)26-13-5-6-18(26)21(28)23-17-10-8-16(9-11-17)14-20-25-24-19-7-3-4-12-27(19)20/h3-4,7-12,15,18H,5-6,13-14H2,1-2H3,(H,23,28). The molecule has 4 rings (SSSR count). The van der Waals surface area contributed by atoms with Gasteiger partial charge in [-0.1, -0.05) is 32.0 Å². The molecule has 7 nitrogen and oxygen atoms in total. The molecule has 1 aliphatic heterocycles. The lowest BCUT2D eigenvalue weighted by Crippen LogP contribution is -2.44. The molecule has 3 aromatic rings. The highest BCUT2D eigenvalue weighted by atomic mass is 16.2. The van der Waals surface area contributed by atoms with Crippen LogP contribution in [0.3, 0.4) is 0 Å². The van der Waals surface area contributed by atoms with Gasteiger partial charge in [-0.3, -0.25) is 14.0 Å². The highest BCUT2D eigenvalue weighted by Gasteiger charge is 2.34. The summed E-state index contributed by atoms with van der Waals surface area (Å²) in [7, 11) is 0.